The number of rotatable bonds is 4. The predicted molar refractivity (Wildman–Crippen MR) is 35.3 cm³/mol. The summed E-state index contributed by atoms with van der Waals surface area (Å²) in [5, 5.41) is 4.81. The number of carbonyl (C=O) groups is 1. The van der Waals surface area contributed by atoms with E-state index in [0.717, 1.165) is 0 Å². The van der Waals surface area contributed by atoms with Crippen LogP contribution in [0.5, 0.6) is 0 Å². The third-order valence-corrected chi connectivity index (χ3v) is 1.06. The van der Waals surface area contributed by atoms with E-state index in [1.165, 1.54) is 0 Å². The van der Waals surface area contributed by atoms with E-state index < -0.39 is 11.9 Å². The lowest BCUT2D eigenvalue weighted by molar-refractivity contribution is -0.118. The molecule has 0 N–H and O–H groups in total. The first-order valence-corrected chi connectivity index (χ1v) is 2.89. The van der Waals surface area contributed by atoms with E-state index in [1.54, 1.807) is 6.92 Å². The molecule has 10 heavy (non-hydrogen) atoms. The van der Waals surface area contributed by atoms with E-state index in [1.807, 2.05) is 0 Å². The SMILES string of the molecule is CC(CCC(=O)N=O)N=O. The maximum atomic E-state index is 10.2. The van der Waals surface area contributed by atoms with Crippen LogP contribution >= 0.6 is 0 Å². The van der Waals surface area contributed by atoms with Gasteiger partial charge in [-0.25, -0.2) is 0 Å². The van der Waals surface area contributed by atoms with Crippen molar-refractivity contribution in [2.75, 3.05) is 0 Å². The van der Waals surface area contributed by atoms with E-state index in [4.69, 9.17) is 0 Å². The number of hydrogen-bond acceptors (Lipinski definition) is 4. The average Bonchev–Trinajstić information content (AvgIpc) is 1.99. The number of carbonyl (C=O) groups excluding carboxylic acids is 1. The lowest BCUT2D eigenvalue weighted by atomic mass is 10.2. The van der Waals surface area contributed by atoms with Crippen LogP contribution in [0.15, 0.2) is 10.4 Å². The van der Waals surface area contributed by atoms with Crippen molar-refractivity contribution >= 4 is 5.91 Å². The third-order valence-electron chi connectivity index (χ3n) is 1.06. The highest BCUT2D eigenvalue weighted by Gasteiger charge is 2.05. The first-order chi connectivity index (χ1) is 4.70. The minimum atomic E-state index is -0.726. The fourth-order valence-electron chi connectivity index (χ4n) is 0.431. The summed E-state index contributed by atoms with van der Waals surface area (Å²) in [6.07, 6.45) is 0.310. The van der Waals surface area contributed by atoms with Gasteiger partial charge < -0.3 is 0 Å². The molecule has 56 valence electrons. The first-order valence-electron chi connectivity index (χ1n) is 2.89. The van der Waals surface area contributed by atoms with E-state index in [9.17, 15) is 14.6 Å². The average molecular weight is 144 g/mol. The number of nitroso groups, excluding NO2 is 2. The first kappa shape index (κ1) is 8.87. The van der Waals surface area contributed by atoms with Crippen LogP contribution in [0.4, 0.5) is 0 Å². The summed E-state index contributed by atoms with van der Waals surface area (Å²) in [4.78, 5) is 29.4. The number of hydrogen-bond donors (Lipinski definition) is 0. The highest BCUT2D eigenvalue weighted by Crippen LogP contribution is 2.00. The Kier molecular flexibility index (Phi) is 4.19. The highest BCUT2D eigenvalue weighted by molar-refractivity contribution is 5.76. The van der Waals surface area contributed by atoms with E-state index in [2.05, 4.69) is 10.4 Å². The molecular weight excluding hydrogens is 136 g/mol. The van der Waals surface area contributed by atoms with Crippen molar-refractivity contribution in [2.24, 2.45) is 10.4 Å². The van der Waals surface area contributed by atoms with Crippen LogP contribution in [-0.4, -0.2) is 11.9 Å². The van der Waals surface area contributed by atoms with Gasteiger partial charge in [-0.3, -0.25) is 4.79 Å². The Bertz CT molecular complexity index is 146. The molecule has 0 aliphatic heterocycles. The molecule has 0 aromatic carbocycles. The molecule has 0 aromatic heterocycles. The molecule has 0 fully saturated rings. The van der Waals surface area contributed by atoms with Gasteiger partial charge in [0, 0.05) is 11.6 Å². The molecule has 0 bridgehead atoms. The van der Waals surface area contributed by atoms with E-state index in [-0.39, 0.29) is 6.42 Å². The van der Waals surface area contributed by atoms with Crippen molar-refractivity contribution in [3.8, 4) is 0 Å². The van der Waals surface area contributed by atoms with Crippen molar-refractivity contribution in [1.82, 2.24) is 0 Å². The molecule has 0 rings (SSSR count). The quantitative estimate of drug-likeness (QED) is 0.556. The van der Waals surface area contributed by atoms with Gasteiger partial charge in [0.25, 0.3) is 5.91 Å². The summed E-state index contributed by atoms with van der Waals surface area (Å²) < 4.78 is 0. The fourth-order valence-corrected chi connectivity index (χ4v) is 0.431. The molecule has 0 aliphatic rings. The number of nitrogens with zero attached hydrogens (tertiary/aromatic N) is 2. The van der Waals surface area contributed by atoms with Crippen LogP contribution in [0.25, 0.3) is 0 Å². The molecule has 1 amide bonds. The Hall–Kier alpha value is -1.13. The van der Waals surface area contributed by atoms with Crippen LogP contribution in [0.2, 0.25) is 0 Å². The second-order valence-electron chi connectivity index (χ2n) is 1.98. The monoisotopic (exact) mass is 144 g/mol. The summed E-state index contributed by atoms with van der Waals surface area (Å²) in [5.74, 6) is -0.726. The van der Waals surface area contributed by atoms with Gasteiger partial charge in [-0.2, -0.15) is 4.91 Å². The fraction of sp³-hybridized carbons (Fsp3) is 0.800. The maximum absolute atomic E-state index is 10.2. The van der Waals surface area contributed by atoms with Crippen molar-refractivity contribution in [2.45, 2.75) is 25.8 Å². The number of amides is 1. The van der Waals surface area contributed by atoms with Gasteiger partial charge in [-0.15, -0.1) is 4.91 Å². The van der Waals surface area contributed by atoms with Gasteiger partial charge >= 0.3 is 0 Å². The lowest BCUT2D eigenvalue weighted by Gasteiger charge is -1.95. The van der Waals surface area contributed by atoms with Crippen LogP contribution < -0.4 is 0 Å². The smallest absolute Gasteiger partial charge is 0.269 e. The standard InChI is InChI=1S/C5H8N2O3/c1-4(6-9)2-3-5(8)7-10/h4H,2-3H2,1H3. The molecule has 5 nitrogen and oxygen atoms in total. The van der Waals surface area contributed by atoms with Crippen LogP contribution in [0.1, 0.15) is 19.8 Å². The van der Waals surface area contributed by atoms with Crippen molar-refractivity contribution in [3.63, 3.8) is 0 Å². The Balaban J connectivity index is 3.43. The zero-order valence-electron chi connectivity index (χ0n) is 5.61. The molecule has 0 heterocycles. The van der Waals surface area contributed by atoms with Gasteiger partial charge in [0.2, 0.25) is 0 Å². The Morgan fingerprint density at radius 1 is 1.50 bits per heavy atom. The molecule has 0 spiro atoms. The Morgan fingerprint density at radius 3 is 2.50 bits per heavy atom. The summed E-state index contributed by atoms with van der Waals surface area (Å²) >= 11 is 0. The summed E-state index contributed by atoms with van der Waals surface area (Å²) in [7, 11) is 0. The van der Waals surface area contributed by atoms with E-state index >= 15 is 0 Å². The second kappa shape index (κ2) is 4.72. The highest BCUT2D eigenvalue weighted by atomic mass is 16.3. The molecule has 0 aromatic rings. The zero-order chi connectivity index (χ0) is 7.98. The van der Waals surface area contributed by atoms with Crippen molar-refractivity contribution in [1.29, 1.82) is 0 Å². The predicted octanol–water partition coefficient (Wildman–Crippen LogP) is 1.21. The summed E-state index contributed by atoms with van der Waals surface area (Å²) in [6.45, 7) is 1.57. The normalized spacial score (nSPS) is 12.1. The molecule has 1 atom stereocenters. The summed E-state index contributed by atoms with van der Waals surface area (Å²) in [6, 6.07) is -0.411. The van der Waals surface area contributed by atoms with Gasteiger partial charge in [0.1, 0.15) is 0 Å². The summed E-state index contributed by atoms with van der Waals surface area (Å²) in [5.41, 5.74) is 0. The lowest BCUT2D eigenvalue weighted by Crippen LogP contribution is -2.00. The molecular formula is C5H8N2O3. The largest absolute Gasteiger partial charge is 0.286 e. The van der Waals surface area contributed by atoms with Gasteiger partial charge in [0.15, 0.2) is 0 Å². The molecule has 0 saturated heterocycles. The second-order valence-corrected chi connectivity index (χ2v) is 1.98. The van der Waals surface area contributed by atoms with Gasteiger partial charge in [-0.05, 0) is 13.3 Å². The topological polar surface area (TPSA) is 75.9 Å². The molecule has 1 unspecified atom stereocenters. The molecule has 0 saturated carbocycles. The third kappa shape index (κ3) is 3.82. The minimum Gasteiger partial charge on any atom is -0.269 e. The van der Waals surface area contributed by atoms with Gasteiger partial charge in [-0.1, -0.05) is 5.18 Å². The van der Waals surface area contributed by atoms with Crippen LogP contribution in [-0.2, 0) is 4.79 Å². The molecule has 5 heteroatoms. The van der Waals surface area contributed by atoms with Crippen molar-refractivity contribution in [3.05, 3.63) is 9.81 Å². The zero-order valence-corrected chi connectivity index (χ0v) is 5.61. The minimum absolute atomic E-state index is 0.0103. The van der Waals surface area contributed by atoms with Crippen LogP contribution in [0.3, 0.4) is 0 Å². The van der Waals surface area contributed by atoms with Gasteiger partial charge in [0.05, 0.1) is 6.04 Å². The molecule has 0 aliphatic carbocycles. The van der Waals surface area contributed by atoms with E-state index in [0.29, 0.717) is 6.42 Å². The van der Waals surface area contributed by atoms with Crippen LogP contribution in [0, 0.1) is 9.81 Å². The molecule has 0 radical (unpaired) electrons. The van der Waals surface area contributed by atoms with Crippen molar-refractivity contribution < 1.29 is 4.79 Å². The Morgan fingerprint density at radius 2 is 2.10 bits per heavy atom. The Labute approximate surface area is 57.8 Å². The maximum Gasteiger partial charge on any atom is 0.286 e.